The first kappa shape index (κ1) is 32.1. The molecule has 0 aliphatic rings. The zero-order valence-corrected chi connectivity index (χ0v) is 22.5. The number of aromatic nitrogens is 1. The smallest absolute Gasteiger partial charge is 0.326 e. The highest BCUT2D eigenvalue weighted by molar-refractivity contribution is 7.98. The Morgan fingerprint density at radius 3 is 2.12 bits per heavy atom. The number of benzene rings is 1. The number of carbonyl (C=O) groups is 6. The Hall–Kier alpha value is -4.11. The molecule has 1 aromatic heterocycles. The molecule has 1 heterocycles. The van der Waals surface area contributed by atoms with Gasteiger partial charge in [0.25, 0.3) is 0 Å². The van der Waals surface area contributed by atoms with Crippen molar-refractivity contribution < 1.29 is 44.1 Å². The lowest BCUT2D eigenvalue weighted by Gasteiger charge is -2.25. The molecule has 0 aliphatic carbocycles. The maximum Gasteiger partial charge on any atom is 0.326 e. The van der Waals surface area contributed by atoms with E-state index >= 15 is 0 Å². The van der Waals surface area contributed by atoms with E-state index in [0.717, 1.165) is 10.9 Å². The van der Waals surface area contributed by atoms with Crippen LogP contribution in [0.15, 0.2) is 30.5 Å². The summed E-state index contributed by atoms with van der Waals surface area (Å²) >= 11 is 1.39. The number of thioether (sulfide) groups is 1. The number of aromatic amines is 1. The van der Waals surface area contributed by atoms with Crippen molar-refractivity contribution in [2.75, 3.05) is 12.0 Å². The van der Waals surface area contributed by atoms with Gasteiger partial charge in [0.1, 0.15) is 18.1 Å². The molecule has 4 atom stereocenters. The van der Waals surface area contributed by atoms with Gasteiger partial charge < -0.3 is 42.0 Å². The van der Waals surface area contributed by atoms with Gasteiger partial charge in [0, 0.05) is 29.9 Å². The Bertz CT molecular complexity index is 1230. The summed E-state index contributed by atoms with van der Waals surface area (Å²) in [5.74, 6) is -6.03. The highest BCUT2D eigenvalue weighted by Gasteiger charge is 2.31. The number of amides is 3. The van der Waals surface area contributed by atoms with Gasteiger partial charge in [-0.1, -0.05) is 18.2 Å². The van der Waals surface area contributed by atoms with Crippen molar-refractivity contribution in [3.05, 3.63) is 36.0 Å². The van der Waals surface area contributed by atoms with E-state index in [0.29, 0.717) is 11.3 Å². The lowest BCUT2D eigenvalue weighted by Crippen LogP contribution is -2.57. The van der Waals surface area contributed by atoms with Crippen molar-refractivity contribution in [1.29, 1.82) is 0 Å². The summed E-state index contributed by atoms with van der Waals surface area (Å²) in [7, 11) is 0. The van der Waals surface area contributed by atoms with Gasteiger partial charge in [-0.3, -0.25) is 24.0 Å². The zero-order chi connectivity index (χ0) is 29.8. The van der Waals surface area contributed by atoms with Gasteiger partial charge in [-0.2, -0.15) is 11.8 Å². The van der Waals surface area contributed by atoms with Gasteiger partial charge >= 0.3 is 17.9 Å². The maximum absolute atomic E-state index is 13.3. The SMILES string of the molecule is CSCCC(NC(=O)C(N)CC(=O)O)C(=O)NC(Cc1c[nH]c2ccccc12)C(=O)NC(CCC(=O)O)C(=O)O. The van der Waals surface area contributed by atoms with Gasteiger partial charge in [0.15, 0.2) is 0 Å². The monoisotopic (exact) mass is 579 g/mol. The molecule has 3 amide bonds. The molecule has 1 aromatic carbocycles. The molecule has 218 valence electrons. The van der Waals surface area contributed by atoms with Gasteiger partial charge in [-0.05, 0) is 36.5 Å². The summed E-state index contributed by atoms with van der Waals surface area (Å²) < 4.78 is 0. The lowest BCUT2D eigenvalue weighted by atomic mass is 10.0. The number of nitrogens with two attached hydrogens (primary N) is 1. The van der Waals surface area contributed by atoms with Crippen molar-refractivity contribution in [3.8, 4) is 0 Å². The predicted molar refractivity (Wildman–Crippen MR) is 146 cm³/mol. The second kappa shape index (κ2) is 15.5. The molecule has 0 radical (unpaired) electrons. The number of nitrogens with one attached hydrogen (secondary N) is 4. The van der Waals surface area contributed by atoms with E-state index in [2.05, 4.69) is 20.9 Å². The fraction of sp³-hybridized carbons (Fsp3) is 0.440. The van der Waals surface area contributed by atoms with E-state index < -0.39 is 72.6 Å². The number of hydrogen-bond donors (Lipinski definition) is 8. The number of para-hydroxylation sites is 1. The second-order valence-corrected chi connectivity index (χ2v) is 9.99. The summed E-state index contributed by atoms with van der Waals surface area (Å²) in [4.78, 5) is 75.6. The minimum Gasteiger partial charge on any atom is -0.481 e. The van der Waals surface area contributed by atoms with Gasteiger partial charge in [-0.25, -0.2) is 4.79 Å². The third-order valence-corrected chi connectivity index (χ3v) is 6.61. The van der Waals surface area contributed by atoms with E-state index in [4.69, 9.17) is 15.9 Å². The number of fused-ring (bicyclic) bond motifs is 1. The standard InChI is InChI=1S/C25H33N5O9S/c1-40-9-8-17(28-22(35)15(26)11-21(33)34)23(36)30-19(10-13-12-27-16-5-3-2-4-14(13)16)24(37)29-18(25(38)39)6-7-20(31)32/h2-5,12,15,17-19,27H,6-11,26H2,1H3,(H,28,35)(H,29,37)(H,30,36)(H,31,32)(H,33,34)(H,38,39). The summed E-state index contributed by atoms with van der Waals surface area (Å²) in [6.45, 7) is 0. The Labute approximate surface area is 233 Å². The number of hydrogen-bond acceptors (Lipinski definition) is 8. The molecule has 0 bridgehead atoms. The largest absolute Gasteiger partial charge is 0.481 e. The summed E-state index contributed by atoms with van der Waals surface area (Å²) in [5, 5.41) is 35.4. The van der Waals surface area contributed by atoms with Crippen molar-refractivity contribution in [1.82, 2.24) is 20.9 Å². The molecule has 9 N–H and O–H groups in total. The Kier molecular flexibility index (Phi) is 12.4. The Morgan fingerprint density at radius 1 is 0.875 bits per heavy atom. The fourth-order valence-electron chi connectivity index (χ4n) is 3.86. The third kappa shape index (κ3) is 9.89. The van der Waals surface area contributed by atoms with E-state index in [1.165, 1.54) is 11.8 Å². The minimum atomic E-state index is -1.52. The molecule has 0 saturated carbocycles. The Morgan fingerprint density at radius 2 is 1.50 bits per heavy atom. The number of aliphatic carboxylic acids is 3. The number of carboxylic acid groups (broad SMARTS) is 3. The van der Waals surface area contributed by atoms with Crippen LogP contribution in [0.2, 0.25) is 0 Å². The maximum atomic E-state index is 13.3. The van der Waals surface area contributed by atoms with Crippen LogP contribution in [0, 0.1) is 0 Å². The van der Waals surface area contributed by atoms with Crippen LogP contribution in [-0.2, 0) is 35.2 Å². The number of H-pyrrole nitrogens is 1. The normalized spacial score (nSPS) is 13.9. The highest BCUT2D eigenvalue weighted by Crippen LogP contribution is 2.19. The molecule has 0 aliphatic heterocycles. The molecule has 2 aromatic rings. The molecule has 40 heavy (non-hydrogen) atoms. The molecule has 0 spiro atoms. The van der Waals surface area contributed by atoms with Crippen LogP contribution < -0.4 is 21.7 Å². The quantitative estimate of drug-likeness (QED) is 0.121. The zero-order valence-electron chi connectivity index (χ0n) is 21.7. The molecule has 2 rings (SSSR count). The van der Waals surface area contributed by atoms with Crippen molar-refractivity contribution in [3.63, 3.8) is 0 Å². The average molecular weight is 580 g/mol. The summed E-state index contributed by atoms with van der Waals surface area (Å²) in [5.41, 5.74) is 7.04. The lowest BCUT2D eigenvalue weighted by molar-refractivity contribution is -0.143. The Balaban J connectivity index is 2.31. The van der Waals surface area contributed by atoms with Crippen molar-refractivity contribution in [2.45, 2.75) is 56.3 Å². The molecule has 4 unspecified atom stereocenters. The number of carboxylic acids is 3. The van der Waals surface area contributed by atoms with Gasteiger partial charge in [-0.15, -0.1) is 0 Å². The van der Waals surface area contributed by atoms with E-state index in [1.54, 1.807) is 24.6 Å². The third-order valence-electron chi connectivity index (χ3n) is 5.97. The van der Waals surface area contributed by atoms with Crippen molar-refractivity contribution >= 4 is 58.3 Å². The molecular formula is C25H33N5O9S. The van der Waals surface area contributed by atoms with Crippen LogP contribution in [0.3, 0.4) is 0 Å². The van der Waals surface area contributed by atoms with Crippen LogP contribution in [0.25, 0.3) is 10.9 Å². The van der Waals surface area contributed by atoms with Crippen molar-refractivity contribution in [2.24, 2.45) is 5.73 Å². The topological polar surface area (TPSA) is 241 Å². The molecular weight excluding hydrogens is 546 g/mol. The number of rotatable bonds is 17. The van der Waals surface area contributed by atoms with E-state index in [-0.39, 0.29) is 19.3 Å². The van der Waals surface area contributed by atoms with E-state index in [1.807, 2.05) is 12.1 Å². The average Bonchev–Trinajstić information content (AvgIpc) is 3.30. The first-order chi connectivity index (χ1) is 18.9. The van der Waals surface area contributed by atoms with Gasteiger partial charge in [0.2, 0.25) is 17.7 Å². The van der Waals surface area contributed by atoms with Gasteiger partial charge in [0.05, 0.1) is 12.5 Å². The first-order valence-corrected chi connectivity index (χ1v) is 13.7. The molecule has 0 fully saturated rings. The molecule has 0 saturated heterocycles. The fourth-order valence-corrected chi connectivity index (χ4v) is 4.34. The minimum absolute atomic E-state index is 0.0609. The van der Waals surface area contributed by atoms with Crippen LogP contribution in [-0.4, -0.2) is 92.1 Å². The van der Waals surface area contributed by atoms with Crippen LogP contribution in [0.4, 0.5) is 0 Å². The predicted octanol–water partition coefficient (Wildman–Crippen LogP) is -0.331. The first-order valence-electron chi connectivity index (χ1n) is 12.3. The number of carbonyl (C=O) groups excluding carboxylic acids is 3. The van der Waals surface area contributed by atoms with Crippen LogP contribution in [0.5, 0.6) is 0 Å². The van der Waals surface area contributed by atoms with Crippen LogP contribution in [0.1, 0.15) is 31.2 Å². The highest BCUT2D eigenvalue weighted by atomic mass is 32.2. The summed E-state index contributed by atoms with van der Waals surface area (Å²) in [6.07, 6.45) is 1.97. The van der Waals surface area contributed by atoms with Crippen LogP contribution >= 0.6 is 11.8 Å². The molecule has 15 heteroatoms. The molecule has 14 nitrogen and oxygen atoms in total. The van der Waals surface area contributed by atoms with E-state index in [9.17, 15) is 33.9 Å². The summed E-state index contributed by atoms with van der Waals surface area (Å²) in [6, 6.07) is 1.81. The second-order valence-electron chi connectivity index (χ2n) is 9.00.